The summed E-state index contributed by atoms with van der Waals surface area (Å²) in [5.41, 5.74) is 1.80. The van der Waals surface area contributed by atoms with Gasteiger partial charge in [0.15, 0.2) is 0 Å². The number of aliphatic hydroxyl groups excluding tert-OH is 1. The number of likely N-dealkylation sites (N-methyl/N-ethyl adjacent to an activating group) is 1. The van der Waals surface area contributed by atoms with Crippen molar-refractivity contribution in [3.8, 4) is 17.1 Å². The molecule has 1 aromatic heterocycles. The quantitative estimate of drug-likeness (QED) is 0.637. The van der Waals surface area contributed by atoms with Gasteiger partial charge in [-0.2, -0.15) is 0 Å². The number of amides is 1. The monoisotopic (exact) mass is 351 g/mol. The van der Waals surface area contributed by atoms with Gasteiger partial charge in [0.2, 0.25) is 0 Å². The molecule has 0 aliphatic carbocycles. The fourth-order valence-corrected chi connectivity index (χ4v) is 2.86. The summed E-state index contributed by atoms with van der Waals surface area (Å²) >= 11 is 0. The lowest BCUT2D eigenvalue weighted by atomic mass is 10.0. The summed E-state index contributed by atoms with van der Waals surface area (Å²) in [5, 5.41) is 20.1. The number of aliphatic hydroxyl groups is 1. The zero-order valence-corrected chi connectivity index (χ0v) is 14.5. The van der Waals surface area contributed by atoms with Crippen LogP contribution in [0.2, 0.25) is 0 Å². The molecule has 1 heterocycles. The molecule has 134 valence electrons. The number of hydrogen-bond donors (Lipinski definition) is 3. The number of aromatic hydroxyl groups is 1. The van der Waals surface area contributed by atoms with Crippen LogP contribution >= 0.6 is 0 Å². The molecule has 0 unspecified atom stereocenters. The summed E-state index contributed by atoms with van der Waals surface area (Å²) in [6.45, 7) is 2.44. The fourth-order valence-electron chi connectivity index (χ4n) is 2.86. The van der Waals surface area contributed by atoms with Crippen LogP contribution in [0.5, 0.6) is 5.75 Å². The molecule has 1 amide bonds. The van der Waals surface area contributed by atoms with Crippen LogP contribution in [0.25, 0.3) is 11.4 Å². The van der Waals surface area contributed by atoms with Gasteiger partial charge in [-0.05, 0) is 30.7 Å². The summed E-state index contributed by atoms with van der Waals surface area (Å²) in [6.07, 6.45) is 2.46. The van der Waals surface area contributed by atoms with E-state index in [2.05, 4.69) is 9.97 Å². The van der Waals surface area contributed by atoms with Crippen molar-refractivity contribution < 1.29 is 15.0 Å². The van der Waals surface area contributed by atoms with E-state index in [-0.39, 0.29) is 18.2 Å². The normalized spacial score (nSPS) is 11.9. The first-order valence-electron chi connectivity index (χ1n) is 8.45. The molecule has 6 heteroatoms. The van der Waals surface area contributed by atoms with Gasteiger partial charge in [-0.1, -0.05) is 30.3 Å². The number of aromatic nitrogens is 2. The Morgan fingerprint density at radius 1 is 1.23 bits per heavy atom. The number of nitrogens with one attached hydrogen (secondary N) is 1. The van der Waals surface area contributed by atoms with Gasteiger partial charge >= 0.3 is 0 Å². The summed E-state index contributed by atoms with van der Waals surface area (Å²) in [7, 11) is 0. The Balaban J connectivity index is 1.84. The van der Waals surface area contributed by atoms with E-state index >= 15 is 0 Å². The lowest BCUT2D eigenvalue weighted by molar-refractivity contribution is 0.0635. The zero-order valence-electron chi connectivity index (χ0n) is 14.5. The first kappa shape index (κ1) is 17.7. The molecule has 2 aromatic carbocycles. The number of benzene rings is 2. The SMILES string of the molecule is CCN(C[C@H](O)c1cccc(O)c1)C(=O)c1ccccc1-c1ncc[nH]1. The first-order valence-corrected chi connectivity index (χ1v) is 8.45. The van der Waals surface area contributed by atoms with Crippen LogP contribution < -0.4 is 0 Å². The second-order valence-electron chi connectivity index (χ2n) is 5.94. The first-order chi connectivity index (χ1) is 12.6. The van der Waals surface area contributed by atoms with Gasteiger partial charge < -0.3 is 20.1 Å². The molecular formula is C20H21N3O3. The Bertz CT molecular complexity index is 878. The van der Waals surface area contributed by atoms with Gasteiger partial charge in [0.05, 0.1) is 18.2 Å². The predicted octanol–water partition coefficient (Wildman–Crippen LogP) is 2.98. The number of rotatable bonds is 6. The van der Waals surface area contributed by atoms with Gasteiger partial charge in [-0.3, -0.25) is 4.79 Å². The lowest BCUT2D eigenvalue weighted by Gasteiger charge is -2.25. The number of phenolic OH excluding ortho intramolecular Hbond substituents is 1. The summed E-state index contributed by atoms with van der Waals surface area (Å²) in [6, 6.07) is 13.7. The average molecular weight is 351 g/mol. The van der Waals surface area contributed by atoms with Crippen LogP contribution in [0.15, 0.2) is 60.9 Å². The minimum atomic E-state index is -0.887. The third-order valence-corrected chi connectivity index (χ3v) is 4.23. The van der Waals surface area contributed by atoms with Crippen LogP contribution in [0.1, 0.15) is 28.9 Å². The number of nitrogens with zero attached hydrogens (tertiary/aromatic N) is 2. The van der Waals surface area contributed by atoms with Gasteiger partial charge in [0.25, 0.3) is 5.91 Å². The molecule has 3 aromatic rings. The Hall–Kier alpha value is -3.12. The highest BCUT2D eigenvalue weighted by molar-refractivity contribution is 6.00. The van der Waals surface area contributed by atoms with Crippen molar-refractivity contribution in [1.82, 2.24) is 14.9 Å². The van der Waals surface area contributed by atoms with Gasteiger partial charge in [0, 0.05) is 24.5 Å². The Morgan fingerprint density at radius 3 is 2.73 bits per heavy atom. The largest absolute Gasteiger partial charge is 0.508 e. The van der Waals surface area contributed by atoms with E-state index in [0.717, 1.165) is 0 Å². The van der Waals surface area contributed by atoms with Crippen molar-refractivity contribution in [1.29, 1.82) is 0 Å². The minimum Gasteiger partial charge on any atom is -0.508 e. The molecule has 0 aliphatic heterocycles. The molecule has 26 heavy (non-hydrogen) atoms. The smallest absolute Gasteiger partial charge is 0.254 e. The molecule has 0 saturated heterocycles. The maximum absolute atomic E-state index is 13.0. The second-order valence-corrected chi connectivity index (χ2v) is 5.94. The molecule has 0 fully saturated rings. The standard InChI is InChI=1S/C20H21N3O3/c1-2-23(13-18(25)14-6-5-7-15(24)12-14)20(26)17-9-4-3-8-16(17)19-21-10-11-22-19/h3-12,18,24-25H,2,13H2,1H3,(H,21,22)/t18-/m0/s1. The number of imidazole rings is 1. The summed E-state index contributed by atoms with van der Waals surface area (Å²) in [5.74, 6) is 0.524. The minimum absolute atomic E-state index is 0.0825. The van der Waals surface area contributed by atoms with E-state index in [1.165, 1.54) is 6.07 Å². The van der Waals surface area contributed by atoms with E-state index in [1.807, 2.05) is 19.1 Å². The van der Waals surface area contributed by atoms with E-state index in [4.69, 9.17) is 0 Å². The van der Waals surface area contributed by atoms with Crippen molar-refractivity contribution >= 4 is 5.91 Å². The van der Waals surface area contributed by atoms with Crippen molar-refractivity contribution in [2.45, 2.75) is 13.0 Å². The maximum atomic E-state index is 13.0. The highest BCUT2D eigenvalue weighted by atomic mass is 16.3. The van der Waals surface area contributed by atoms with Crippen LogP contribution in [0, 0.1) is 0 Å². The highest BCUT2D eigenvalue weighted by Gasteiger charge is 2.22. The molecular weight excluding hydrogens is 330 g/mol. The zero-order chi connectivity index (χ0) is 18.5. The van der Waals surface area contributed by atoms with Crippen LogP contribution in [-0.2, 0) is 0 Å². The van der Waals surface area contributed by atoms with Gasteiger partial charge in [-0.15, -0.1) is 0 Å². The van der Waals surface area contributed by atoms with Gasteiger partial charge in [-0.25, -0.2) is 4.98 Å². The third kappa shape index (κ3) is 3.75. The van der Waals surface area contributed by atoms with Crippen molar-refractivity contribution in [2.75, 3.05) is 13.1 Å². The molecule has 3 N–H and O–H groups in total. The third-order valence-electron chi connectivity index (χ3n) is 4.23. The molecule has 1 atom stereocenters. The number of phenols is 1. The highest BCUT2D eigenvalue weighted by Crippen LogP contribution is 2.24. The van der Waals surface area contributed by atoms with Crippen LogP contribution in [-0.4, -0.2) is 44.1 Å². The van der Waals surface area contributed by atoms with E-state index < -0.39 is 6.10 Å². The van der Waals surface area contributed by atoms with Crippen LogP contribution in [0.4, 0.5) is 0 Å². The van der Waals surface area contributed by atoms with Crippen LogP contribution in [0.3, 0.4) is 0 Å². The van der Waals surface area contributed by atoms with Crippen molar-refractivity contribution in [2.24, 2.45) is 0 Å². The number of carbonyl (C=O) groups excluding carboxylic acids is 1. The maximum Gasteiger partial charge on any atom is 0.254 e. The van der Waals surface area contributed by atoms with Crippen molar-refractivity contribution in [3.63, 3.8) is 0 Å². The second kappa shape index (κ2) is 7.84. The molecule has 6 nitrogen and oxygen atoms in total. The molecule has 0 saturated carbocycles. The predicted molar refractivity (Wildman–Crippen MR) is 98.7 cm³/mol. The fraction of sp³-hybridized carbons (Fsp3) is 0.200. The number of carbonyl (C=O) groups is 1. The Labute approximate surface area is 151 Å². The number of H-pyrrole nitrogens is 1. The number of aromatic amines is 1. The number of hydrogen-bond acceptors (Lipinski definition) is 4. The van der Waals surface area contributed by atoms with E-state index in [0.29, 0.717) is 29.1 Å². The summed E-state index contributed by atoms with van der Waals surface area (Å²) in [4.78, 5) is 21.9. The van der Waals surface area contributed by atoms with E-state index in [9.17, 15) is 15.0 Å². The topological polar surface area (TPSA) is 89.4 Å². The molecule has 3 rings (SSSR count). The Kier molecular flexibility index (Phi) is 5.34. The molecule has 0 spiro atoms. The molecule has 0 aliphatic rings. The van der Waals surface area contributed by atoms with E-state index in [1.54, 1.807) is 47.6 Å². The Morgan fingerprint density at radius 2 is 2.04 bits per heavy atom. The lowest BCUT2D eigenvalue weighted by Crippen LogP contribution is -2.35. The summed E-state index contributed by atoms with van der Waals surface area (Å²) < 4.78 is 0. The molecule has 0 radical (unpaired) electrons. The van der Waals surface area contributed by atoms with Crippen molar-refractivity contribution in [3.05, 3.63) is 72.1 Å². The molecule has 0 bridgehead atoms. The van der Waals surface area contributed by atoms with Gasteiger partial charge in [0.1, 0.15) is 11.6 Å². The average Bonchev–Trinajstić information content (AvgIpc) is 3.20.